The van der Waals surface area contributed by atoms with E-state index in [4.69, 9.17) is 9.47 Å². The summed E-state index contributed by atoms with van der Waals surface area (Å²) in [5, 5.41) is 0. The molecule has 102 valence electrons. The Balaban J connectivity index is 2.40. The first-order chi connectivity index (χ1) is 8.57. The first kappa shape index (κ1) is 14.1. The van der Waals surface area contributed by atoms with E-state index < -0.39 is 17.4 Å². The molecule has 0 aromatic rings. The molecule has 0 aromatic carbocycles. The van der Waals surface area contributed by atoms with Gasteiger partial charge in [-0.2, -0.15) is 0 Å². The summed E-state index contributed by atoms with van der Waals surface area (Å²) in [5.74, 6) is -0.290. The highest BCUT2D eigenvalue weighted by atomic mass is 127. The molecule has 2 rings (SSSR count). The fourth-order valence-electron chi connectivity index (χ4n) is 3.77. The second-order valence-corrected chi connectivity index (χ2v) is 6.83. The lowest BCUT2D eigenvalue weighted by atomic mass is 9.69. The van der Waals surface area contributed by atoms with Crippen molar-refractivity contribution >= 4 is 34.5 Å². The van der Waals surface area contributed by atoms with Crippen molar-refractivity contribution in [2.24, 2.45) is 17.3 Å². The summed E-state index contributed by atoms with van der Waals surface area (Å²) in [7, 11) is 2.71. The zero-order chi connectivity index (χ0) is 13.3. The van der Waals surface area contributed by atoms with Crippen molar-refractivity contribution < 1.29 is 19.1 Å². The predicted molar refractivity (Wildman–Crippen MR) is 74.3 cm³/mol. The van der Waals surface area contributed by atoms with Crippen molar-refractivity contribution in [1.82, 2.24) is 0 Å². The highest BCUT2D eigenvalue weighted by Crippen LogP contribution is 2.56. The molecule has 2 aliphatic carbocycles. The van der Waals surface area contributed by atoms with Gasteiger partial charge in [-0.15, -0.1) is 0 Å². The Morgan fingerprint density at radius 3 is 2.28 bits per heavy atom. The van der Waals surface area contributed by atoms with E-state index in [0.717, 1.165) is 19.3 Å². The van der Waals surface area contributed by atoms with Crippen LogP contribution in [-0.2, 0) is 19.1 Å². The average Bonchev–Trinajstić information content (AvgIpc) is 2.79. The van der Waals surface area contributed by atoms with Gasteiger partial charge in [-0.05, 0) is 25.2 Å². The van der Waals surface area contributed by atoms with Crippen LogP contribution in [0.3, 0.4) is 0 Å². The number of halogens is 1. The molecule has 0 aliphatic heterocycles. The van der Waals surface area contributed by atoms with Crippen LogP contribution in [0.15, 0.2) is 0 Å². The van der Waals surface area contributed by atoms with Crippen molar-refractivity contribution in [2.45, 2.75) is 36.0 Å². The van der Waals surface area contributed by atoms with Gasteiger partial charge in [-0.1, -0.05) is 35.4 Å². The van der Waals surface area contributed by atoms with Gasteiger partial charge in [0.25, 0.3) is 0 Å². The molecule has 0 spiro atoms. The van der Waals surface area contributed by atoms with E-state index >= 15 is 0 Å². The molecule has 5 heteroatoms. The molecule has 0 radical (unpaired) electrons. The Kier molecular flexibility index (Phi) is 4.18. The molecule has 0 amide bonds. The SMILES string of the molecule is COC(=O)C1(C(=O)OC)CC[C@@H]2CCC[C@H](I)[C@@H]21. The zero-order valence-electron chi connectivity index (χ0n) is 10.8. The fourth-order valence-corrected chi connectivity index (χ4v) is 5.41. The van der Waals surface area contributed by atoms with Crippen LogP contribution in [-0.4, -0.2) is 30.1 Å². The second kappa shape index (κ2) is 5.35. The number of fused-ring (bicyclic) bond motifs is 1. The predicted octanol–water partition coefficient (Wildman–Crippen LogP) is 2.33. The number of methoxy groups -OCH3 is 2. The molecule has 0 N–H and O–H groups in total. The lowest BCUT2D eigenvalue weighted by molar-refractivity contribution is -0.173. The quantitative estimate of drug-likeness (QED) is 0.326. The maximum Gasteiger partial charge on any atom is 0.323 e. The standard InChI is InChI=1S/C13H19IO4/c1-17-11(15)13(12(16)18-2)7-6-8-4-3-5-9(14)10(8)13/h8-10H,3-7H2,1-2H3/t8-,9-,10+/m0/s1. The summed E-state index contributed by atoms with van der Waals surface area (Å²) >= 11 is 2.38. The maximum absolute atomic E-state index is 12.2. The molecule has 0 saturated heterocycles. The highest BCUT2D eigenvalue weighted by molar-refractivity contribution is 14.1. The van der Waals surface area contributed by atoms with Crippen molar-refractivity contribution in [1.29, 1.82) is 0 Å². The number of rotatable bonds is 2. The van der Waals surface area contributed by atoms with Crippen molar-refractivity contribution in [3.8, 4) is 0 Å². The summed E-state index contributed by atoms with van der Waals surface area (Å²) in [5.41, 5.74) is -1.06. The second-order valence-electron chi connectivity index (χ2n) is 5.23. The van der Waals surface area contributed by atoms with Crippen LogP contribution in [0.4, 0.5) is 0 Å². The van der Waals surface area contributed by atoms with Gasteiger partial charge in [0.15, 0.2) is 5.41 Å². The number of carbonyl (C=O) groups is 2. The number of esters is 2. The molecular formula is C13H19IO4. The molecule has 0 bridgehead atoms. The Labute approximate surface area is 121 Å². The smallest absolute Gasteiger partial charge is 0.323 e. The molecule has 18 heavy (non-hydrogen) atoms. The van der Waals surface area contributed by atoms with Gasteiger partial charge < -0.3 is 9.47 Å². The third kappa shape index (κ3) is 1.94. The summed E-state index contributed by atoms with van der Waals surface area (Å²) in [4.78, 5) is 24.4. The van der Waals surface area contributed by atoms with Crippen molar-refractivity contribution in [3.63, 3.8) is 0 Å². The molecule has 0 aromatic heterocycles. The first-order valence-corrected chi connectivity index (χ1v) is 7.63. The lowest BCUT2D eigenvalue weighted by Crippen LogP contribution is -2.49. The molecular weight excluding hydrogens is 347 g/mol. The van der Waals surface area contributed by atoms with Gasteiger partial charge in [0, 0.05) is 9.84 Å². The summed E-state index contributed by atoms with van der Waals surface area (Å²) in [6.07, 6.45) is 4.86. The highest BCUT2D eigenvalue weighted by Gasteiger charge is 2.62. The minimum atomic E-state index is -1.06. The summed E-state index contributed by atoms with van der Waals surface area (Å²) in [6, 6.07) is 0. The zero-order valence-corrected chi connectivity index (χ0v) is 12.9. The van der Waals surface area contributed by atoms with Gasteiger partial charge in [0.2, 0.25) is 0 Å². The largest absolute Gasteiger partial charge is 0.468 e. The Morgan fingerprint density at radius 2 is 1.72 bits per heavy atom. The number of alkyl halides is 1. The third-order valence-corrected chi connectivity index (χ3v) is 5.93. The van der Waals surface area contributed by atoms with Gasteiger partial charge in [-0.3, -0.25) is 9.59 Å². The third-order valence-electron chi connectivity index (χ3n) is 4.53. The molecule has 0 unspecified atom stereocenters. The van der Waals surface area contributed by atoms with Crippen molar-refractivity contribution in [2.75, 3.05) is 14.2 Å². The van der Waals surface area contributed by atoms with E-state index in [1.165, 1.54) is 20.6 Å². The number of hydrogen-bond acceptors (Lipinski definition) is 4. The minimum Gasteiger partial charge on any atom is -0.468 e. The first-order valence-electron chi connectivity index (χ1n) is 6.38. The molecule has 0 heterocycles. The fraction of sp³-hybridized carbons (Fsp3) is 0.846. The molecule has 2 aliphatic rings. The molecule has 2 saturated carbocycles. The number of ether oxygens (including phenoxy) is 2. The Morgan fingerprint density at radius 1 is 1.11 bits per heavy atom. The Hall–Kier alpha value is -0.330. The van der Waals surface area contributed by atoms with Crippen LogP contribution >= 0.6 is 22.6 Å². The summed E-state index contributed by atoms with van der Waals surface area (Å²) < 4.78 is 10.2. The van der Waals surface area contributed by atoms with E-state index in [2.05, 4.69) is 22.6 Å². The van der Waals surface area contributed by atoms with Gasteiger partial charge >= 0.3 is 11.9 Å². The van der Waals surface area contributed by atoms with Gasteiger partial charge in [0.05, 0.1) is 14.2 Å². The molecule has 2 fully saturated rings. The molecule has 3 atom stereocenters. The van der Waals surface area contributed by atoms with E-state index in [-0.39, 0.29) is 5.92 Å². The minimum absolute atomic E-state index is 0.0757. The number of hydrogen-bond donors (Lipinski definition) is 0. The lowest BCUT2D eigenvalue weighted by Gasteiger charge is -2.38. The number of carbonyl (C=O) groups excluding carboxylic acids is 2. The van der Waals surface area contributed by atoms with Crippen LogP contribution in [0.5, 0.6) is 0 Å². The van der Waals surface area contributed by atoms with E-state index in [0.29, 0.717) is 16.3 Å². The maximum atomic E-state index is 12.2. The van der Waals surface area contributed by atoms with Gasteiger partial charge in [-0.25, -0.2) is 0 Å². The van der Waals surface area contributed by atoms with Crippen LogP contribution in [0.2, 0.25) is 0 Å². The van der Waals surface area contributed by atoms with Crippen LogP contribution in [0.1, 0.15) is 32.1 Å². The topological polar surface area (TPSA) is 52.6 Å². The van der Waals surface area contributed by atoms with Gasteiger partial charge in [0.1, 0.15) is 0 Å². The van der Waals surface area contributed by atoms with Crippen LogP contribution in [0.25, 0.3) is 0 Å². The average molecular weight is 366 g/mol. The van der Waals surface area contributed by atoms with Crippen molar-refractivity contribution in [3.05, 3.63) is 0 Å². The van der Waals surface area contributed by atoms with E-state index in [9.17, 15) is 9.59 Å². The monoisotopic (exact) mass is 366 g/mol. The van der Waals surface area contributed by atoms with Crippen LogP contribution in [0, 0.1) is 17.3 Å². The normalized spacial score (nSPS) is 33.6. The van der Waals surface area contributed by atoms with E-state index in [1.54, 1.807) is 0 Å². The van der Waals surface area contributed by atoms with E-state index in [1.807, 2.05) is 0 Å². The Bertz CT molecular complexity index is 339. The van der Waals surface area contributed by atoms with Crippen LogP contribution < -0.4 is 0 Å². The molecule has 4 nitrogen and oxygen atoms in total. The summed E-state index contributed by atoms with van der Waals surface area (Å²) in [6.45, 7) is 0.